The van der Waals surface area contributed by atoms with Crippen LogP contribution in [0.5, 0.6) is 11.5 Å². The molecule has 5 rings (SSSR count). The number of aliphatic imine (C=N–C) groups is 1. The van der Waals surface area contributed by atoms with Crippen LogP contribution in [0, 0.1) is 0 Å². The maximum atomic E-state index is 6.03. The van der Waals surface area contributed by atoms with Crippen LogP contribution in [0.15, 0.2) is 83.5 Å². The van der Waals surface area contributed by atoms with Crippen molar-refractivity contribution in [3.8, 4) is 22.9 Å². The second-order valence-electron chi connectivity index (χ2n) is 11.0. The maximum Gasteiger partial charge on any atom is 0.144 e. The van der Waals surface area contributed by atoms with Crippen LogP contribution in [0.3, 0.4) is 0 Å². The summed E-state index contributed by atoms with van der Waals surface area (Å²) in [7, 11) is 1.71. The number of fused-ring (bicyclic) bond motifs is 1. The predicted molar refractivity (Wildman–Crippen MR) is 172 cm³/mol. The zero-order valence-corrected chi connectivity index (χ0v) is 24.5. The summed E-state index contributed by atoms with van der Waals surface area (Å²) in [4.78, 5) is 11.9. The Morgan fingerprint density at radius 3 is 2.32 bits per heavy atom. The lowest BCUT2D eigenvalue weighted by Gasteiger charge is -2.06. The molecule has 0 spiro atoms. The van der Waals surface area contributed by atoms with Crippen molar-refractivity contribution in [1.29, 1.82) is 0 Å². The number of methoxy groups -OCH3 is 1. The van der Waals surface area contributed by atoms with Gasteiger partial charge in [0.15, 0.2) is 0 Å². The fourth-order valence-corrected chi connectivity index (χ4v) is 5.37. The van der Waals surface area contributed by atoms with Crippen LogP contribution in [-0.4, -0.2) is 22.8 Å². The fraction of sp³-hybridized carbons (Fsp3) is 0.361. The summed E-state index contributed by atoms with van der Waals surface area (Å²) in [5, 5.41) is 1.10. The number of nitrogens with zero attached hydrogens (tertiary/aromatic N) is 1. The number of nitrogens with one attached hydrogen (secondary N) is 2. The Bertz CT molecular complexity index is 1490. The van der Waals surface area contributed by atoms with E-state index in [1.54, 1.807) is 7.11 Å². The third-order valence-electron chi connectivity index (χ3n) is 7.71. The normalized spacial score (nSPS) is 13.8. The van der Waals surface area contributed by atoms with Crippen molar-refractivity contribution in [3.63, 3.8) is 0 Å². The van der Waals surface area contributed by atoms with Crippen molar-refractivity contribution in [1.82, 2.24) is 9.97 Å². The van der Waals surface area contributed by atoms with Gasteiger partial charge in [-0.1, -0.05) is 88.6 Å². The van der Waals surface area contributed by atoms with Crippen LogP contribution < -0.4 is 9.47 Å². The van der Waals surface area contributed by atoms with E-state index in [9.17, 15) is 0 Å². The molecule has 0 radical (unpaired) electrons. The number of benzene rings is 2. The fourth-order valence-electron chi connectivity index (χ4n) is 5.37. The van der Waals surface area contributed by atoms with E-state index in [2.05, 4.69) is 65.5 Å². The minimum atomic E-state index is 0.549. The first-order valence-corrected chi connectivity index (χ1v) is 15.3. The van der Waals surface area contributed by atoms with E-state index in [0.29, 0.717) is 6.61 Å². The molecule has 0 unspecified atom stereocenters. The van der Waals surface area contributed by atoms with Gasteiger partial charge in [0.05, 0.1) is 29.9 Å². The standard InChI is InChI=1S/C36H43N3O2/c1-3-4-5-6-7-8-9-10-14-17-29-18-19-30(37-29)24-35-36(40-2)25-34(39-35)33-23-28-22-31(20-21-32(28)38-33)41-26-27-15-12-11-13-16-27/h11-13,15-16,18-25,38-39H,3-10,14,17,26H2,1-2H3/b30-24+. The zero-order chi connectivity index (χ0) is 28.3. The Balaban J connectivity index is 1.17. The SMILES string of the molecule is CCCCCCCCCCCC1=N/C(=C/c2[nH]c(-c3cc4cc(OCc5ccccc5)ccc4[nH]3)cc2OC)C=C1. The molecule has 3 heterocycles. The number of hydrogen-bond donors (Lipinski definition) is 2. The van der Waals surface area contributed by atoms with Crippen LogP contribution >= 0.6 is 0 Å². The molecule has 2 aromatic heterocycles. The highest BCUT2D eigenvalue weighted by atomic mass is 16.5. The quantitative estimate of drug-likeness (QED) is 0.137. The lowest BCUT2D eigenvalue weighted by molar-refractivity contribution is 0.306. The molecule has 5 heteroatoms. The van der Waals surface area contributed by atoms with Gasteiger partial charge in [0.2, 0.25) is 0 Å². The lowest BCUT2D eigenvalue weighted by Crippen LogP contribution is -1.94. The van der Waals surface area contributed by atoms with Gasteiger partial charge in [0, 0.05) is 22.7 Å². The molecule has 0 bridgehead atoms. The summed E-state index contributed by atoms with van der Waals surface area (Å²) in [5.41, 5.74) is 7.23. The summed E-state index contributed by atoms with van der Waals surface area (Å²) in [5.74, 6) is 1.65. The summed E-state index contributed by atoms with van der Waals surface area (Å²) in [6, 6.07) is 20.6. The topological polar surface area (TPSA) is 62.4 Å². The monoisotopic (exact) mass is 549 g/mol. The number of allylic oxidation sites excluding steroid dienone is 2. The maximum absolute atomic E-state index is 6.03. The molecular weight excluding hydrogens is 506 g/mol. The van der Waals surface area contributed by atoms with E-state index in [0.717, 1.165) is 57.2 Å². The van der Waals surface area contributed by atoms with Crippen LogP contribution in [0.4, 0.5) is 0 Å². The van der Waals surface area contributed by atoms with E-state index in [1.807, 2.05) is 30.3 Å². The molecule has 2 aromatic carbocycles. The van der Waals surface area contributed by atoms with Gasteiger partial charge in [-0.15, -0.1) is 0 Å². The highest BCUT2D eigenvalue weighted by Gasteiger charge is 2.13. The minimum Gasteiger partial charge on any atom is -0.494 e. The van der Waals surface area contributed by atoms with Gasteiger partial charge in [-0.25, -0.2) is 0 Å². The van der Waals surface area contributed by atoms with E-state index in [1.165, 1.54) is 63.5 Å². The van der Waals surface area contributed by atoms with Crippen LogP contribution in [0.25, 0.3) is 28.4 Å². The van der Waals surface area contributed by atoms with Gasteiger partial charge in [0.1, 0.15) is 18.1 Å². The molecule has 4 aromatic rings. The van der Waals surface area contributed by atoms with Crippen LogP contribution in [-0.2, 0) is 6.61 Å². The second-order valence-corrected chi connectivity index (χ2v) is 11.0. The molecule has 41 heavy (non-hydrogen) atoms. The van der Waals surface area contributed by atoms with Crippen molar-refractivity contribution in [3.05, 3.63) is 89.8 Å². The number of rotatable bonds is 16. The first kappa shape index (κ1) is 28.5. The molecule has 5 nitrogen and oxygen atoms in total. The first-order chi connectivity index (χ1) is 20.2. The summed E-state index contributed by atoms with van der Waals surface area (Å²) >= 11 is 0. The Morgan fingerprint density at radius 1 is 0.780 bits per heavy atom. The number of hydrogen-bond acceptors (Lipinski definition) is 3. The van der Waals surface area contributed by atoms with Crippen molar-refractivity contribution >= 4 is 22.7 Å². The molecule has 0 amide bonds. The third kappa shape index (κ3) is 8.03. The van der Waals surface area contributed by atoms with Crippen LogP contribution in [0.2, 0.25) is 0 Å². The molecule has 214 valence electrons. The minimum absolute atomic E-state index is 0.549. The Morgan fingerprint density at radius 2 is 1.54 bits per heavy atom. The van der Waals surface area contributed by atoms with Gasteiger partial charge in [0.25, 0.3) is 0 Å². The van der Waals surface area contributed by atoms with Gasteiger partial charge < -0.3 is 19.4 Å². The van der Waals surface area contributed by atoms with Gasteiger partial charge in [-0.3, -0.25) is 4.99 Å². The van der Waals surface area contributed by atoms with Gasteiger partial charge in [-0.2, -0.15) is 0 Å². The number of aromatic nitrogens is 2. The molecular formula is C36H43N3O2. The number of ether oxygens (including phenoxy) is 2. The first-order valence-electron chi connectivity index (χ1n) is 15.3. The van der Waals surface area contributed by atoms with E-state index in [-0.39, 0.29) is 0 Å². The second kappa shape index (κ2) is 14.6. The molecule has 0 saturated heterocycles. The summed E-state index contributed by atoms with van der Waals surface area (Å²) in [6.45, 7) is 2.82. The average molecular weight is 550 g/mol. The summed E-state index contributed by atoms with van der Waals surface area (Å²) < 4.78 is 11.7. The van der Waals surface area contributed by atoms with Gasteiger partial charge >= 0.3 is 0 Å². The number of aromatic amines is 2. The summed E-state index contributed by atoms with van der Waals surface area (Å²) in [6.07, 6.45) is 19.5. The number of H-pyrrole nitrogens is 2. The van der Waals surface area contributed by atoms with Crippen LogP contribution in [0.1, 0.15) is 82.4 Å². The van der Waals surface area contributed by atoms with E-state index < -0.39 is 0 Å². The third-order valence-corrected chi connectivity index (χ3v) is 7.71. The smallest absolute Gasteiger partial charge is 0.144 e. The molecule has 1 aliphatic heterocycles. The Kier molecular flexibility index (Phi) is 10.2. The van der Waals surface area contributed by atoms with Crippen molar-refractivity contribution in [2.24, 2.45) is 4.99 Å². The average Bonchev–Trinajstić information content (AvgIpc) is 3.74. The highest BCUT2D eigenvalue weighted by molar-refractivity contribution is 5.99. The van der Waals surface area contributed by atoms with E-state index >= 15 is 0 Å². The Hall–Kier alpha value is -3.99. The molecule has 1 aliphatic rings. The zero-order valence-electron chi connectivity index (χ0n) is 24.5. The largest absolute Gasteiger partial charge is 0.494 e. The molecule has 0 fully saturated rings. The molecule has 0 atom stereocenters. The van der Waals surface area contributed by atoms with Crippen molar-refractivity contribution in [2.75, 3.05) is 7.11 Å². The molecule has 0 saturated carbocycles. The van der Waals surface area contributed by atoms with E-state index in [4.69, 9.17) is 14.5 Å². The number of unbranched alkanes of at least 4 members (excludes halogenated alkanes) is 8. The molecule has 0 aliphatic carbocycles. The highest BCUT2D eigenvalue weighted by Crippen LogP contribution is 2.32. The Labute approximate surface area is 244 Å². The van der Waals surface area contributed by atoms with Gasteiger partial charge in [-0.05, 0) is 60.9 Å². The predicted octanol–water partition coefficient (Wildman–Crippen LogP) is 10.0. The lowest BCUT2D eigenvalue weighted by atomic mass is 10.1. The van der Waals surface area contributed by atoms with Crippen molar-refractivity contribution < 1.29 is 9.47 Å². The van der Waals surface area contributed by atoms with Crippen molar-refractivity contribution in [2.45, 2.75) is 77.7 Å². The molecule has 2 N–H and O–H groups in total.